The van der Waals surface area contributed by atoms with Gasteiger partial charge in [-0.1, -0.05) is 115 Å². The first-order valence-electron chi connectivity index (χ1n) is 17.1. The van der Waals surface area contributed by atoms with Gasteiger partial charge in [-0.2, -0.15) is 0 Å². The number of unbranched alkanes of at least 4 members (excludes halogenated alkanes) is 7. The molecule has 5 unspecified atom stereocenters. The zero-order valence-electron chi connectivity index (χ0n) is 27.9. The molecular weight excluding hydrogens is 556 g/mol. The second-order valence-electron chi connectivity index (χ2n) is 14.2. The zero-order chi connectivity index (χ0) is 32.2. The van der Waals surface area contributed by atoms with E-state index in [1.807, 2.05) is 44.2 Å². The topological polar surface area (TPSA) is 114 Å². The Bertz CT molecular complexity index is 1040. The average Bonchev–Trinajstić information content (AvgIpc) is 2.98. The van der Waals surface area contributed by atoms with E-state index in [0.29, 0.717) is 6.61 Å². The van der Waals surface area contributed by atoms with E-state index in [0.717, 1.165) is 50.5 Å². The Morgan fingerprint density at radius 2 is 1.57 bits per heavy atom. The molecule has 0 aromatic heterocycles. The first-order valence-corrected chi connectivity index (χ1v) is 17.1. The molecule has 1 saturated carbocycles. The number of carboxylic acids is 1. The van der Waals surface area contributed by atoms with Crippen molar-refractivity contribution >= 4 is 17.8 Å². The molecule has 2 amide bonds. The highest BCUT2D eigenvalue weighted by atomic mass is 16.7. The Morgan fingerprint density at radius 3 is 2.23 bits per heavy atom. The summed E-state index contributed by atoms with van der Waals surface area (Å²) in [7, 11) is 0. The van der Waals surface area contributed by atoms with Crippen LogP contribution in [0, 0.1) is 11.3 Å². The van der Waals surface area contributed by atoms with Crippen molar-refractivity contribution in [3.8, 4) is 0 Å². The van der Waals surface area contributed by atoms with E-state index < -0.39 is 29.3 Å². The first kappa shape index (κ1) is 36.0. The lowest BCUT2D eigenvalue weighted by atomic mass is 9.77. The molecule has 1 aromatic carbocycles. The Kier molecular flexibility index (Phi) is 14.2. The summed E-state index contributed by atoms with van der Waals surface area (Å²) in [4.78, 5) is 39.6. The minimum Gasteiger partial charge on any atom is -0.481 e. The largest absolute Gasteiger partial charge is 0.481 e. The van der Waals surface area contributed by atoms with Gasteiger partial charge in [0.05, 0.1) is 18.9 Å². The summed E-state index contributed by atoms with van der Waals surface area (Å²) in [6.45, 7) is 9.97. The van der Waals surface area contributed by atoms with Crippen molar-refractivity contribution in [2.45, 2.75) is 154 Å². The second kappa shape index (κ2) is 17.3. The normalized spacial score (nSPS) is 24.2. The highest BCUT2D eigenvalue weighted by molar-refractivity contribution is 5.84. The van der Waals surface area contributed by atoms with Gasteiger partial charge in [0.2, 0.25) is 11.8 Å². The summed E-state index contributed by atoms with van der Waals surface area (Å²) in [6, 6.07) is 9.13. The quantitative estimate of drug-likeness (QED) is 0.161. The van der Waals surface area contributed by atoms with Crippen LogP contribution in [0.2, 0.25) is 0 Å². The third kappa shape index (κ3) is 11.2. The number of hydrogen-bond acceptors (Lipinski definition) is 5. The summed E-state index contributed by atoms with van der Waals surface area (Å²) in [5.74, 6) is -2.68. The molecule has 0 radical (unpaired) electrons. The molecule has 1 saturated heterocycles. The van der Waals surface area contributed by atoms with Crippen LogP contribution in [0.3, 0.4) is 0 Å². The van der Waals surface area contributed by atoms with Crippen LogP contribution >= 0.6 is 0 Å². The van der Waals surface area contributed by atoms with Crippen LogP contribution in [-0.4, -0.2) is 53.5 Å². The van der Waals surface area contributed by atoms with Gasteiger partial charge in [-0.05, 0) is 44.6 Å². The fraction of sp³-hybridized carbons (Fsp3) is 0.750. The van der Waals surface area contributed by atoms with Crippen molar-refractivity contribution < 1.29 is 29.0 Å². The van der Waals surface area contributed by atoms with Crippen LogP contribution in [0.25, 0.3) is 0 Å². The molecule has 3 rings (SSSR count). The van der Waals surface area contributed by atoms with Gasteiger partial charge in [0, 0.05) is 17.5 Å². The summed E-state index contributed by atoms with van der Waals surface area (Å²) in [5.41, 5.74) is 0.434. The van der Waals surface area contributed by atoms with E-state index in [-0.39, 0.29) is 36.1 Å². The summed E-state index contributed by atoms with van der Waals surface area (Å²) in [6.07, 6.45) is 12.8. The predicted octanol–water partition coefficient (Wildman–Crippen LogP) is 7.11. The molecule has 5 atom stereocenters. The number of ether oxygens (including phenoxy) is 2. The molecule has 2 fully saturated rings. The molecule has 3 N–H and O–H groups in total. The molecule has 1 aromatic rings. The molecule has 1 heterocycles. The molecule has 2 aliphatic rings. The monoisotopic (exact) mass is 614 g/mol. The Labute approximate surface area is 265 Å². The molecule has 44 heavy (non-hydrogen) atoms. The number of amides is 2. The molecule has 8 nitrogen and oxygen atoms in total. The third-order valence-corrected chi connectivity index (χ3v) is 9.39. The molecule has 0 spiro atoms. The van der Waals surface area contributed by atoms with Crippen molar-refractivity contribution in [2.75, 3.05) is 6.61 Å². The smallest absolute Gasteiger partial charge is 0.305 e. The number of hydrogen-bond donors (Lipinski definition) is 3. The van der Waals surface area contributed by atoms with E-state index in [2.05, 4.69) is 17.6 Å². The van der Waals surface area contributed by atoms with E-state index >= 15 is 0 Å². The van der Waals surface area contributed by atoms with E-state index in [1.54, 1.807) is 13.8 Å². The van der Waals surface area contributed by atoms with Gasteiger partial charge in [-0.3, -0.25) is 14.4 Å². The number of carboxylic acid groups (broad SMARTS) is 1. The number of carbonyl (C=O) groups excluding carboxylic acids is 2. The molecule has 1 aliphatic heterocycles. The maximum absolute atomic E-state index is 13.9. The maximum Gasteiger partial charge on any atom is 0.305 e. The lowest BCUT2D eigenvalue weighted by Gasteiger charge is -2.45. The fourth-order valence-corrected chi connectivity index (χ4v) is 6.80. The Hall–Kier alpha value is -2.45. The van der Waals surface area contributed by atoms with Crippen molar-refractivity contribution in [1.82, 2.24) is 10.6 Å². The third-order valence-electron chi connectivity index (χ3n) is 9.39. The van der Waals surface area contributed by atoms with Crippen molar-refractivity contribution in [1.29, 1.82) is 0 Å². The molecule has 248 valence electrons. The van der Waals surface area contributed by atoms with Crippen molar-refractivity contribution in [3.05, 3.63) is 35.9 Å². The Balaban J connectivity index is 1.70. The molecule has 1 aliphatic carbocycles. The standard InChI is InChI=1S/C36H58N2O6/c1-6-7-8-9-10-11-12-16-21-27(26-19-14-13-15-20-26)33(41)37-29-23-18-17-22-28(29)30(24-31(39)40)38-34(42)32-35(2,3)25-43-36(4,5)44-32/h13-15,19-20,27-30,32H,6-12,16-18,21-25H2,1-5H3,(H,37,41)(H,38,42)(H,39,40). The van der Waals surface area contributed by atoms with Crippen LogP contribution in [0.5, 0.6) is 0 Å². The van der Waals surface area contributed by atoms with E-state index in [9.17, 15) is 19.5 Å². The van der Waals surface area contributed by atoms with Gasteiger partial charge in [0.25, 0.3) is 0 Å². The van der Waals surface area contributed by atoms with Crippen molar-refractivity contribution in [2.24, 2.45) is 11.3 Å². The van der Waals surface area contributed by atoms with Crippen LogP contribution < -0.4 is 10.6 Å². The number of nitrogens with one attached hydrogen (secondary N) is 2. The lowest BCUT2D eigenvalue weighted by Crippen LogP contribution is -2.60. The predicted molar refractivity (Wildman–Crippen MR) is 173 cm³/mol. The van der Waals surface area contributed by atoms with Gasteiger partial charge in [0.15, 0.2) is 5.79 Å². The first-order chi connectivity index (χ1) is 20.9. The Morgan fingerprint density at radius 1 is 0.932 bits per heavy atom. The van der Waals surface area contributed by atoms with Crippen LogP contribution in [0.15, 0.2) is 30.3 Å². The van der Waals surface area contributed by atoms with Crippen LogP contribution in [0.1, 0.15) is 136 Å². The number of carbonyl (C=O) groups is 3. The minimum absolute atomic E-state index is 0.00732. The summed E-state index contributed by atoms with van der Waals surface area (Å²) in [5, 5.41) is 16.2. The van der Waals surface area contributed by atoms with E-state index in [4.69, 9.17) is 9.47 Å². The van der Waals surface area contributed by atoms with Crippen LogP contribution in [0.4, 0.5) is 0 Å². The van der Waals surface area contributed by atoms with Gasteiger partial charge >= 0.3 is 5.97 Å². The lowest BCUT2D eigenvalue weighted by molar-refractivity contribution is -0.304. The molecular formula is C36H58N2O6. The molecule has 8 heteroatoms. The summed E-state index contributed by atoms with van der Waals surface area (Å²) >= 11 is 0. The van der Waals surface area contributed by atoms with E-state index in [1.165, 1.54) is 38.5 Å². The number of rotatable bonds is 17. The number of benzene rings is 1. The van der Waals surface area contributed by atoms with Crippen LogP contribution in [-0.2, 0) is 23.9 Å². The average molecular weight is 615 g/mol. The summed E-state index contributed by atoms with van der Waals surface area (Å²) < 4.78 is 11.8. The highest BCUT2D eigenvalue weighted by Gasteiger charge is 2.47. The fourth-order valence-electron chi connectivity index (χ4n) is 6.80. The SMILES string of the molecule is CCCCCCCCCCC(C(=O)NC1CCCCC1C(CC(=O)O)NC(=O)C1OC(C)(C)OCC1(C)C)c1ccccc1. The highest BCUT2D eigenvalue weighted by Crippen LogP contribution is 2.36. The zero-order valence-corrected chi connectivity index (χ0v) is 27.9. The minimum atomic E-state index is -0.977. The van der Waals surface area contributed by atoms with Gasteiger partial charge in [0.1, 0.15) is 6.10 Å². The molecule has 0 bridgehead atoms. The van der Waals surface area contributed by atoms with Gasteiger partial charge in [-0.25, -0.2) is 0 Å². The van der Waals surface area contributed by atoms with Crippen molar-refractivity contribution in [3.63, 3.8) is 0 Å². The second-order valence-corrected chi connectivity index (χ2v) is 14.2. The van der Waals surface area contributed by atoms with Gasteiger partial charge in [-0.15, -0.1) is 0 Å². The van der Waals surface area contributed by atoms with Gasteiger partial charge < -0.3 is 25.2 Å². The maximum atomic E-state index is 13.9. The number of aliphatic carboxylic acids is 1.